The average Bonchev–Trinajstić information content (AvgIpc) is 3.03. The molecule has 44 heavy (non-hydrogen) atoms. The van der Waals surface area contributed by atoms with Gasteiger partial charge in [0.1, 0.15) is 11.6 Å². The molecule has 0 radical (unpaired) electrons. The molecule has 6 aromatic rings. The van der Waals surface area contributed by atoms with E-state index in [0.717, 1.165) is 43.7 Å². The number of pyridine rings is 2. The highest BCUT2D eigenvalue weighted by Crippen LogP contribution is 2.25. The Labute approximate surface area is 265 Å². The summed E-state index contributed by atoms with van der Waals surface area (Å²) in [7, 11) is -1.51. The molecule has 0 aliphatic carbocycles. The number of halogens is 3. The molecule has 8 heteroatoms. The van der Waals surface area contributed by atoms with Gasteiger partial charge in [-0.2, -0.15) is 0 Å². The molecule has 0 fully saturated rings. The lowest BCUT2D eigenvalue weighted by molar-refractivity contribution is 0.425. The van der Waals surface area contributed by atoms with E-state index in [-0.39, 0.29) is 11.6 Å². The zero-order chi connectivity index (χ0) is 31.5. The van der Waals surface area contributed by atoms with Crippen molar-refractivity contribution in [2.45, 2.75) is 13.8 Å². The van der Waals surface area contributed by atoms with E-state index < -0.39 is 7.12 Å². The van der Waals surface area contributed by atoms with Crippen LogP contribution in [0.1, 0.15) is 11.1 Å². The number of aromatic nitrogens is 2. The summed E-state index contributed by atoms with van der Waals surface area (Å²) in [6.45, 7) is 4.06. The first-order valence-electron chi connectivity index (χ1n) is 13.8. The van der Waals surface area contributed by atoms with E-state index in [1.807, 2.05) is 74.8 Å². The van der Waals surface area contributed by atoms with E-state index in [9.17, 15) is 8.78 Å². The molecule has 220 valence electrons. The highest BCUT2D eigenvalue weighted by molar-refractivity contribution is 9.10. The maximum absolute atomic E-state index is 13.0. The predicted molar refractivity (Wildman–Crippen MR) is 178 cm³/mol. The highest BCUT2D eigenvalue weighted by atomic mass is 79.9. The van der Waals surface area contributed by atoms with Crippen molar-refractivity contribution in [2.75, 3.05) is 0 Å². The van der Waals surface area contributed by atoms with Crippen molar-refractivity contribution in [2.24, 2.45) is 0 Å². The van der Waals surface area contributed by atoms with Crippen LogP contribution in [0.5, 0.6) is 0 Å². The molecule has 0 atom stereocenters. The second kappa shape index (κ2) is 15.8. The van der Waals surface area contributed by atoms with E-state index in [1.165, 1.54) is 42.0 Å². The van der Waals surface area contributed by atoms with Crippen LogP contribution in [-0.4, -0.2) is 27.1 Å². The van der Waals surface area contributed by atoms with E-state index >= 15 is 0 Å². The van der Waals surface area contributed by atoms with Gasteiger partial charge < -0.3 is 10.0 Å². The summed E-state index contributed by atoms with van der Waals surface area (Å²) in [6, 6.07) is 36.0. The Morgan fingerprint density at radius 2 is 1.02 bits per heavy atom. The van der Waals surface area contributed by atoms with Crippen LogP contribution in [0.2, 0.25) is 0 Å². The van der Waals surface area contributed by atoms with Gasteiger partial charge >= 0.3 is 7.12 Å². The number of hydrogen-bond acceptors (Lipinski definition) is 4. The first-order chi connectivity index (χ1) is 21.2. The minimum Gasteiger partial charge on any atom is -0.423 e. The van der Waals surface area contributed by atoms with Crippen LogP contribution in [0.4, 0.5) is 8.78 Å². The van der Waals surface area contributed by atoms with E-state index in [4.69, 9.17) is 10.0 Å². The second-order valence-corrected chi connectivity index (χ2v) is 10.9. The summed E-state index contributed by atoms with van der Waals surface area (Å²) < 4.78 is 26.2. The summed E-state index contributed by atoms with van der Waals surface area (Å²) in [6.07, 6.45) is 3.75. The molecular weight excluding hydrogens is 621 g/mol. The molecule has 2 N–H and O–H groups in total. The van der Waals surface area contributed by atoms with Gasteiger partial charge in [-0.25, -0.2) is 8.78 Å². The number of aryl methyl sites for hydroxylation is 2. The number of hydrogen-bond donors (Lipinski definition) is 2. The molecule has 0 amide bonds. The van der Waals surface area contributed by atoms with Crippen molar-refractivity contribution in [3.63, 3.8) is 0 Å². The van der Waals surface area contributed by atoms with Gasteiger partial charge in [0.15, 0.2) is 0 Å². The van der Waals surface area contributed by atoms with Gasteiger partial charge in [0.25, 0.3) is 0 Å². The molecule has 0 aliphatic rings. The van der Waals surface area contributed by atoms with Crippen LogP contribution in [0, 0.1) is 25.5 Å². The number of nitrogens with zero attached hydrogens (tertiary/aromatic N) is 2. The van der Waals surface area contributed by atoms with Crippen molar-refractivity contribution in [1.82, 2.24) is 9.97 Å². The third-order valence-corrected chi connectivity index (χ3v) is 6.94. The van der Waals surface area contributed by atoms with Crippen LogP contribution >= 0.6 is 15.9 Å². The van der Waals surface area contributed by atoms with E-state index in [0.29, 0.717) is 5.46 Å². The van der Waals surface area contributed by atoms with Crippen LogP contribution in [0.15, 0.2) is 138 Å². The molecule has 0 unspecified atom stereocenters. The summed E-state index contributed by atoms with van der Waals surface area (Å²) in [5, 5.41) is 17.1. The zero-order valence-corrected chi connectivity index (χ0v) is 25.8. The second-order valence-electron chi connectivity index (χ2n) is 9.96. The Balaban J connectivity index is 0.000000161. The van der Waals surface area contributed by atoms with Crippen molar-refractivity contribution < 1.29 is 18.8 Å². The topological polar surface area (TPSA) is 66.2 Å². The van der Waals surface area contributed by atoms with Gasteiger partial charge in [-0.3, -0.25) is 9.97 Å². The van der Waals surface area contributed by atoms with Crippen molar-refractivity contribution in [3.05, 3.63) is 161 Å². The lowest BCUT2D eigenvalue weighted by Gasteiger charge is -2.06. The van der Waals surface area contributed by atoms with E-state index in [1.54, 1.807) is 12.1 Å². The van der Waals surface area contributed by atoms with Gasteiger partial charge in [0.05, 0.1) is 11.4 Å². The van der Waals surface area contributed by atoms with Crippen LogP contribution in [0.3, 0.4) is 0 Å². The summed E-state index contributed by atoms with van der Waals surface area (Å²) in [5.41, 5.74) is 8.83. The SMILES string of the molecule is Cc1ccc(-c2cccc(-c3ccc(F)cc3)c2)nc1.Cc1ccc(-c2cccc(Br)c2)nc1.OB(O)c1ccc(F)cc1. The maximum atomic E-state index is 13.0. The van der Waals surface area contributed by atoms with Gasteiger partial charge in [0.2, 0.25) is 0 Å². The lowest BCUT2D eigenvalue weighted by atomic mass is 9.80. The normalized spacial score (nSPS) is 10.2. The fourth-order valence-electron chi connectivity index (χ4n) is 4.06. The quantitative estimate of drug-likeness (QED) is 0.189. The van der Waals surface area contributed by atoms with Crippen molar-refractivity contribution >= 4 is 28.5 Å². The minimum absolute atomic E-state index is 0.217. The Morgan fingerprint density at radius 3 is 1.50 bits per heavy atom. The molecule has 0 aliphatic heterocycles. The fourth-order valence-corrected chi connectivity index (χ4v) is 4.46. The lowest BCUT2D eigenvalue weighted by Crippen LogP contribution is -2.29. The van der Waals surface area contributed by atoms with Crippen LogP contribution in [0.25, 0.3) is 33.6 Å². The smallest absolute Gasteiger partial charge is 0.423 e. The Hall–Kier alpha value is -4.50. The van der Waals surface area contributed by atoms with Crippen LogP contribution in [-0.2, 0) is 0 Å². The summed E-state index contributed by atoms with van der Waals surface area (Å²) in [4.78, 5) is 8.81. The highest BCUT2D eigenvalue weighted by Gasteiger charge is 2.09. The minimum atomic E-state index is -1.51. The molecule has 0 saturated carbocycles. The number of benzene rings is 4. The van der Waals surface area contributed by atoms with Gasteiger partial charge in [-0.05, 0) is 96.2 Å². The molecule has 2 aromatic heterocycles. The fraction of sp³-hybridized carbons (Fsp3) is 0.0556. The summed E-state index contributed by atoms with van der Waals surface area (Å²) in [5.74, 6) is -0.602. The summed E-state index contributed by atoms with van der Waals surface area (Å²) >= 11 is 3.45. The molecule has 4 aromatic carbocycles. The predicted octanol–water partition coefficient (Wildman–Crippen LogP) is 8.19. The van der Waals surface area contributed by atoms with Gasteiger partial charge in [-0.15, -0.1) is 0 Å². The maximum Gasteiger partial charge on any atom is 0.488 e. The Morgan fingerprint density at radius 1 is 0.545 bits per heavy atom. The van der Waals surface area contributed by atoms with Crippen molar-refractivity contribution in [3.8, 4) is 33.6 Å². The molecule has 0 spiro atoms. The van der Waals surface area contributed by atoms with Crippen molar-refractivity contribution in [1.29, 1.82) is 0 Å². The molecule has 0 saturated heterocycles. The zero-order valence-electron chi connectivity index (χ0n) is 24.2. The Kier molecular flexibility index (Phi) is 11.7. The monoisotopic (exact) mass is 650 g/mol. The first kappa shape index (κ1) is 32.4. The first-order valence-corrected chi connectivity index (χ1v) is 14.6. The average molecular weight is 651 g/mol. The third kappa shape index (κ3) is 9.78. The standard InChI is InChI=1S/C18H14FN.C12H10BrN.C6H6BFO2/c1-13-5-10-18(20-12-13)16-4-2-3-15(11-16)14-6-8-17(19)9-7-14;1-9-5-6-12(14-8-9)10-3-2-4-11(13)7-10;8-6-3-1-5(2-4-6)7(9)10/h2-12H,1H3;2-8H,1H3;1-4,9-10H. The molecule has 2 heterocycles. The molecule has 6 rings (SSSR count). The molecule has 4 nitrogen and oxygen atoms in total. The number of rotatable bonds is 4. The largest absolute Gasteiger partial charge is 0.488 e. The van der Waals surface area contributed by atoms with E-state index in [2.05, 4.69) is 50.2 Å². The third-order valence-electron chi connectivity index (χ3n) is 6.45. The molecular formula is C36H30BBrF2N2O2. The molecule has 0 bridgehead atoms. The van der Waals surface area contributed by atoms with Crippen LogP contribution < -0.4 is 5.46 Å². The van der Waals surface area contributed by atoms with Gasteiger partial charge in [0, 0.05) is 28.0 Å². The van der Waals surface area contributed by atoms with Gasteiger partial charge in [-0.1, -0.05) is 82.7 Å². The Bertz CT molecular complexity index is 1700.